The van der Waals surface area contributed by atoms with E-state index in [1.54, 1.807) is 18.2 Å². The SMILES string of the molecule is COc1cc(C#N)ccc1OCC(=O)Nc1ccc(C)c(Br)c1. The number of carbonyl (C=O) groups excluding carboxylic acids is 1. The van der Waals surface area contributed by atoms with Crippen LogP contribution in [0.3, 0.4) is 0 Å². The van der Waals surface area contributed by atoms with Crippen LogP contribution in [-0.4, -0.2) is 19.6 Å². The Balaban J connectivity index is 1.99. The van der Waals surface area contributed by atoms with Crippen LogP contribution in [0.5, 0.6) is 11.5 Å². The van der Waals surface area contributed by atoms with E-state index < -0.39 is 0 Å². The fourth-order valence-corrected chi connectivity index (χ4v) is 2.25. The third-order valence-corrected chi connectivity index (χ3v) is 3.96. The van der Waals surface area contributed by atoms with Crippen molar-refractivity contribution >= 4 is 27.5 Å². The van der Waals surface area contributed by atoms with Crippen LogP contribution in [0.2, 0.25) is 0 Å². The molecule has 0 bridgehead atoms. The lowest BCUT2D eigenvalue weighted by Crippen LogP contribution is -2.20. The van der Waals surface area contributed by atoms with Crippen molar-refractivity contribution in [3.05, 3.63) is 52.0 Å². The molecule has 0 saturated carbocycles. The molecule has 2 aromatic carbocycles. The summed E-state index contributed by atoms with van der Waals surface area (Å²) in [6.45, 7) is 1.81. The number of nitriles is 1. The molecular weight excluding hydrogens is 360 g/mol. The number of rotatable bonds is 5. The minimum absolute atomic E-state index is 0.159. The van der Waals surface area contributed by atoms with E-state index >= 15 is 0 Å². The Kier molecular flexibility index (Phi) is 5.61. The van der Waals surface area contributed by atoms with Crippen LogP contribution in [0.15, 0.2) is 40.9 Å². The highest BCUT2D eigenvalue weighted by Gasteiger charge is 2.09. The van der Waals surface area contributed by atoms with E-state index in [4.69, 9.17) is 14.7 Å². The Morgan fingerprint density at radius 2 is 2.04 bits per heavy atom. The van der Waals surface area contributed by atoms with Gasteiger partial charge in [-0.25, -0.2) is 0 Å². The number of aryl methyl sites for hydroxylation is 1. The second-order valence-electron chi connectivity index (χ2n) is 4.78. The first-order valence-corrected chi connectivity index (χ1v) is 7.59. The van der Waals surface area contributed by atoms with Gasteiger partial charge < -0.3 is 14.8 Å². The maximum Gasteiger partial charge on any atom is 0.262 e. The van der Waals surface area contributed by atoms with Gasteiger partial charge in [0.15, 0.2) is 18.1 Å². The first-order chi connectivity index (χ1) is 11.0. The number of ether oxygens (including phenoxy) is 2. The summed E-state index contributed by atoms with van der Waals surface area (Å²) >= 11 is 3.42. The zero-order chi connectivity index (χ0) is 16.8. The molecule has 1 amide bonds. The molecule has 0 radical (unpaired) electrons. The van der Waals surface area contributed by atoms with E-state index in [1.807, 2.05) is 31.2 Å². The highest BCUT2D eigenvalue weighted by Crippen LogP contribution is 2.27. The molecule has 0 aliphatic heterocycles. The number of hydrogen-bond donors (Lipinski definition) is 1. The van der Waals surface area contributed by atoms with Gasteiger partial charge in [0.2, 0.25) is 0 Å². The van der Waals surface area contributed by atoms with Crippen molar-refractivity contribution in [2.75, 3.05) is 19.0 Å². The summed E-state index contributed by atoms with van der Waals surface area (Å²) in [5.41, 5.74) is 2.23. The molecule has 2 aromatic rings. The van der Waals surface area contributed by atoms with Crippen molar-refractivity contribution < 1.29 is 14.3 Å². The van der Waals surface area contributed by atoms with E-state index in [0.717, 1.165) is 10.0 Å². The zero-order valence-electron chi connectivity index (χ0n) is 12.7. The molecule has 0 atom stereocenters. The van der Waals surface area contributed by atoms with E-state index in [0.29, 0.717) is 22.7 Å². The quantitative estimate of drug-likeness (QED) is 0.866. The topological polar surface area (TPSA) is 71.3 Å². The molecule has 0 fully saturated rings. The molecule has 0 aliphatic carbocycles. The Morgan fingerprint density at radius 1 is 1.26 bits per heavy atom. The van der Waals surface area contributed by atoms with E-state index in [9.17, 15) is 4.79 Å². The minimum Gasteiger partial charge on any atom is -0.493 e. The summed E-state index contributed by atoms with van der Waals surface area (Å²) in [6.07, 6.45) is 0. The molecule has 2 rings (SSSR count). The molecule has 1 N–H and O–H groups in total. The fraction of sp³-hybridized carbons (Fsp3) is 0.176. The summed E-state index contributed by atoms with van der Waals surface area (Å²) in [5.74, 6) is 0.536. The zero-order valence-corrected chi connectivity index (χ0v) is 14.3. The van der Waals surface area contributed by atoms with Gasteiger partial charge in [0.1, 0.15) is 0 Å². The van der Waals surface area contributed by atoms with Gasteiger partial charge in [0.05, 0.1) is 18.7 Å². The van der Waals surface area contributed by atoms with Gasteiger partial charge >= 0.3 is 0 Å². The number of halogens is 1. The van der Waals surface area contributed by atoms with Gasteiger partial charge in [-0.05, 0) is 36.8 Å². The van der Waals surface area contributed by atoms with Crippen molar-refractivity contribution in [3.8, 4) is 17.6 Å². The molecule has 23 heavy (non-hydrogen) atoms. The van der Waals surface area contributed by atoms with Crippen molar-refractivity contribution in [2.24, 2.45) is 0 Å². The average Bonchev–Trinajstić information content (AvgIpc) is 2.56. The summed E-state index contributed by atoms with van der Waals surface area (Å²) in [5, 5.41) is 11.6. The second kappa shape index (κ2) is 7.65. The molecule has 0 spiro atoms. The number of hydrogen-bond acceptors (Lipinski definition) is 4. The Morgan fingerprint density at radius 3 is 2.70 bits per heavy atom. The number of carbonyl (C=O) groups is 1. The van der Waals surface area contributed by atoms with Crippen LogP contribution in [-0.2, 0) is 4.79 Å². The summed E-state index contributed by atoms with van der Waals surface area (Å²) in [6, 6.07) is 12.3. The molecule has 0 saturated heterocycles. The normalized spacial score (nSPS) is 9.83. The van der Waals surface area contributed by atoms with Gasteiger partial charge in [-0.2, -0.15) is 5.26 Å². The van der Waals surface area contributed by atoms with Gasteiger partial charge in [-0.1, -0.05) is 22.0 Å². The number of nitrogens with one attached hydrogen (secondary N) is 1. The maximum atomic E-state index is 12.0. The predicted molar refractivity (Wildman–Crippen MR) is 90.7 cm³/mol. The number of amides is 1. The van der Waals surface area contributed by atoms with Crippen LogP contribution in [0.4, 0.5) is 5.69 Å². The third-order valence-electron chi connectivity index (χ3n) is 3.11. The average molecular weight is 375 g/mol. The van der Waals surface area contributed by atoms with E-state index in [1.165, 1.54) is 7.11 Å². The molecule has 118 valence electrons. The van der Waals surface area contributed by atoms with Gasteiger partial charge in [0, 0.05) is 16.2 Å². The van der Waals surface area contributed by atoms with Gasteiger partial charge in [0.25, 0.3) is 5.91 Å². The first-order valence-electron chi connectivity index (χ1n) is 6.80. The van der Waals surface area contributed by atoms with Crippen molar-refractivity contribution in [2.45, 2.75) is 6.92 Å². The monoisotopic (exact) mass is 374 g/mol. The minimum atomic E-state index is -0.285. The molecule has 0 aliphatic rings. The molecule has 0 aromatic heterocycles. The van der Waals surface area contributed by atoms with Crippen LogP contribution in [0.1, 0.15) is 11.1 Å². The standard InChI is InChI=1S/C17H15BrN2O3/c1-11-3-5-13(8-14(11)18)20-17(21)10-23-15-6-4-12(9-19)7-16(15)22-2/h3-8H,10H2,1-2H3,(H,20,21). The van der Waals surface area contributed by atoms with Crippen LogP contribution >= 0.6 is 15.9 Å². The van der Waals surface area contributed by atoms with Gasteiger partial charge in [-0.15, -0.1) is 0 Å². The first kappa shape index (κ1) is 16.8. The second-order valence-corrected chi connectivity index (χ2v) is 5.63. The number of nitrogens with zero attached hydrogens (tertiary/aromatic N) is 1. The van der Waals surface area contributed by atoms with E-state index in [-0.39, 0.29) is 12.5 Å². The van der Waals surface area contributed by atoms with Crippen molar-refractivity contribution in [3.63, 3.8) is 0 Å². The Hall–Kier alpha value is -2.52. The lowest BCUT2D eigenvalue weighted by molar-refractivity contribution is -0.118. The molecular formula is C17H15BrN2O3. The van der Waals surface area contributed by atoms with Crippen molar-refractivity contribution in [1.29, 1.82) is 5.26 Å². The smallest absolute Gasteiger partial charge is 0.262 e. The molecule has 0 heterocycles. The largest absolute Gasteiger partial charge is 0.493 e. The Labute approximate surface area is 143 Å². The van der Waals surface area contributed by atoms with Gasteiger partial charge in [-0.3, -0.25) is 4.79 Å². The van der Waals surface area contributed by atoms with E-state index in [2.05, 4.69) is 21.2 Å². The van der Waals surface area contributed by atoms with Crippen molar-refractivity contribution in [1.82, 2.24) is 0 Å². The molecule has 6 heteroatoms. The Bertz CT molecular complexity index is 769. The third kappa shape index (κ3) is 4.47. The number of methoxy groups -OCH3 is 1. The predicted octanol–water partition coefficient (Wildman–Crippen LogP) is 3.66. The van der Waals surface area contributed by atoms with Crippen LogP contribution < -0.4 is 14.8 Å². The van der Waals surface area contributed by atoms with Crippen LogP contribution in [0, 0.1) is 18.3 Å². The molecule has 5 nitrogen and oxygen atoms in total. The van der Waals surface area contributed by atoms with Crippen LogP contribution in [0.25, 0.3) is 0 Å². The number of anilines is 1. The summed E-state index contributed by atoms with van der Waals surface area (Å²) in [7, 11) is 1.48. The number of benzene rings is 2. The lowest BCUT2D eigenvalue weighted by Gasteiger charge is -2.11. The lowest BCUT2D eigenvalue weighted by atomic mass is 10.2. The summed E-state index contributed by atoms with van der Waals surface area (Å²) in [4.78, 5) is 12.0. The maximum absolute atomic E-state index is 12.0. The molecule has 0 unspecified atom stereocenters. The summed E-state index contributed by atoms with van der Waals surface area (Å²) < 4.78 is 11.5. The highest BCUT2D eigenvalue weighted by atomic mass is 79.9. The highest BCUT2D eigenvalue weighted by molar-refractivity contribution is 9.10. The fourth-order valence-electron chi connectivity index (χ4n) is 1.87.